The van der Waals surface area contributed by atoms with Gasteiger partial charge in [0.15, 0.2) is 0 Å². The molecule has 0 saturated carbocycles. The van der Waals surface area contributed by atoms with Crippen LogP contribution in [0.25, 0.3) is 0 Å². The molecule has 2 aromatic heterocycles. The van der Waals surface area contributed by atoms with Crippen LogP contribution in [0, 0.1) is 0 Å². The number of anilines is 1. The average Bonchev–Trinajstić information content (AvgIpc) is 2.66. The Balaban J connectivity index is 2.15. The summed E-state index contributed by atoms with van der Waals surface area (Å²) in [5, 5.41) is 2.61. The van der Waals surface area contributed by atoms with Crippen LogP contribution in [0.2, 0.25) is 0 Å². The van der Waals surface area contributed by atoms with Gasteiger partial charge in [0.05, 0.1) is 10.7 Å². The minimum Gasteiger partial charge on any atom is -0.458 e. The predicted octanol–water partition coefficient (Wildman–Crippen LogP) is 2.69. The van der Waals surface area contributed by atoms with Gasteiger partial charge in [0.25, 0.3) is 5.91 Å². The Morgan fingerprint density at radius 3 is 2.87 bits per heavy atom. The second kappa shape index (κ2) is 4.27. The van der Waals surface area contributed by atoms with E-state index in [1.165, 1.54) is 6.26 Å². The van der Waals surface area contributed by atoms with E-state index in [1.54, 1.807) is 30.5 Å². The number of rotatable bonds is 2. The van der Waals surface area contributed by atoms with E-state index in [0.29, 0.717) is 10.3 Å². The highest BCUT2D eigenvalue weighted by molar-refractivity contribution is 9.10. The highest BCUT2D eigenvalue weighted by Gasteiger charge is 2.13. The molecular formula is C10H7BrN2O2. The maximum atomic E-state index is 11.6. The summed E-state index contributed by atoms with van der Waals surface area (Å²) in [5.74, 6) is 0.400. The number of hydrogen-bond donors (Lipinski definition) is 1. The summed E-state index contributed by atoms with van der Waals surface area (Å²) in [4.78, 5) is 15.6. The quantitative estimate of drug-likeness (QED) is 0.910. The number of nitrogens with one attached hydrogen (secondary N) is 1. The van der Waals surface area contributed by atoms with Crippen molar-refractivity contribution in [2.45, 2.75) is 0 Å². The molecule has 0 bridgehead atoms. The second-order valence-corrected chi connectivity index (χ2v) is 3.62. The van der Waals surface area contributed by atoms with Crippen LogP contribution in [-0.2, 0) is 0 Å². The van der Waals surface area contributed by atoms with Gasteiger partial charge in [-0.3, -0.25) is 4.79 Å². The van der Waals surface area contributed by atoms with E-state index in [2.05, 4.69) is 26.2 Å². The summed E-state index contributed by atoms with van der Waals surface area (Å²) < 4.78 is 5.63. The summed E-state index contributed by atoms with van der Waals surface area (Å²) in [6, 6.07) is 6.93. The maximum Gasteiger partial charge on any atom is 0.293 e. The number of amides is 1. The molecular weight excluding hydrogens is 260 g/mol. The zero-order valence-corrected chi connectivity index (χ0v) is 9.19. The third-order valence-corrected chi connectivity index (χ3v) is 2.35. The van der Waals surface area contributed by atoms with Crippen molar-refractivity contribution >= 4 is 27.7 Å². The topological polar surface area (TPSA) is 55.1 Å². The molecule has 76 valence electrons. The number of pyridine rings is 1. The normalized spacial score (nSPS) is 9.93. The van der Waals surface area contributed by atoms with Gasteiger partial charge in [-0.15, -0.1) is 0 Å². The van der Waals surface area contributed by atoms with Gasteiger partial charge >= 0.3 is 0 Å². The van der Waals surface area contributed by atoms with Gasteiger partial charge in [-0.25, -0.2) is 4.98 Å². The van der Waals surface area contributed by atoms with Gasteiger partial charge in [0.2, 0.25) is 5.76 Å². The Hall–Kier alpha value is -1.62. The molecule has 0 fully saturated rings. The Morgan fingerprint density at radius 2 is 2.27 bits per heavy atom. The molecule has 2 aromatic rings. The van der Waals surface area contributed by atoms with Crippen molar-refractivity contribution in [1.82, 2.24) is 4.98 Å². The van der Waals surface area contributed by atoms with Crippen LogP contribution < -0.4 is 5.32 Å². The lowest BCUT2D eigenvalue weighted by Crippen LogP contribution is -2.12. The van der Waals surface area contributed by atoms with Crippen LogP contribution in [0.3, 0.4) is 0 Å². The molecule has 0 aliphatic carbocycles. The summed E-state index contributed by atoms with van der Waals surface area (Å²) in [7, 11) is 0. The van der Waals surface area contributed by atoms with Crippen LogP contribution in [0.1, 0.15) is 10.6 Å². The zero-order chi connectivity index (χ0) is 10.7. The molecule has 1 N–H and O–H groups in total. The first-order valence-electron chi connectivity index (χ1n) is 4.23. The smallest absolute Gasteiger partial charge is 0.293 e. The molecule has 2 heterocycles. The van der Waals surface area contributed by atoms with Gasteiger partial charge in [-0.1, -0.05) is 6.07 Å². The molecule has 1 amide bonds. The molecule has 0 aliphatic rings. The molecule has 4 nitrogen and oxygen atoms in total. The van der Waals surface area contributed by atoms with Gasteiger partial charge in [-0.2, -0.15) is 0 Å². The fourth-order valence-corrected chi connectivity index (χ4v) is 1.45. The third-order valence-electron chi connectivity index (χ3n) is 1.73. The summed E-state index contributed by atoms with van der Waals surface area (Å²) >= 11 is 3.21. The monoisotopic (exact) mass is 266 g/mol. The van der Waals surface area contributed by atoms with Crippen molar-refractivity contribution in [2.75, 3.05) is 5.32 Å². The van der Waals surface area contributed by atoms with E-state index in [9.17, 15) is 4.79 Å². The van der Waals surface area contributed by atoms with Crippen LogP contribution in [0.4, 0.5) is 5.82 Å². The lowest BCUT2D eigenvalue weighted by molar-refractivity contribution is 0.0995. The zero-order valence-electron chi connectivity index (χ0n) is 7.61. The first-order valence-corrected chi connectivity index (χ1v) is 5.02. The van der Waals surface area contributed by atoms with E-state index in [4.69, 9.17) is 4.42 Å². The van der Waals surface area contributed by atoms with Crippen LogP contribution in [0.5, 0.6) is 0 Å². The Morgan fingerprint density at radius 1 is 1.40 bits per heavy atom. The summed E-state index contributed by atoms with van der Waals surface area (Å²) in [5.41, 5.74) is 0. The van der Waals surface area contributed by atoms with Crippen molar-refractivity contribution in [2.24, 2.45) is 0 Å². The molecule has 0 aliphatic heterocycles. The number of furan rings is 1. The first kappa shape index (κ1) is 9.92. The molecule has 5 heteroatoms. The molecule has 0 atom stereocenters. The lowest BCUT2D eigenvalue weighted by atomic mass is 10.4. The second-order valence-electron chi connectivity index (χ2n) is 2.77. The Bertz CT molecular complexity index is 467. The van der Waals surface area contributed by atoms with E-state index < -0.39 is 0 Å². The SMILES string of the molecule is O=C(Nc1ccccn1)c1occc1Br. The van der Waals surface area contributed by atoms with Gasteiger partial charge in [0.1, 0.15) is 5.82 Å². The highest BCUT2D eigenvalue weighted by atomic mass is 79.9. The predicted molar refractivity (Wildman–Crippen MR) is 58.6 cm³/mol. The van der Waals surface area contributed by atoms with Crippen molar-refractivity contribution in [3.63, 3.8) is 0 Å². The van der Waals surface area contributed by atoms with Crippen molar-refractivity contribution < 1.29 is 9.21 Å². The minimum absolute atomic E-state index is 0.237. The molecule has 0 radical (unpaired) electrons. The lowest BCUT2D eigenvalue weighted by Gasteiger charge is -2.01. The standard InChI is InChI=1S/C10H7BrN2O2/c11-7-4-6-15-9(7)10(14)13-8-3-1-2-5-12-8/h1-6H,(H,12,13,14). The van der Waals surface area contributed by atoms with Gasteiger partial charge in [-0.05, 0) is 34.1 Å². The number of nitrogens with zero attached hydrogens (tertiary/aromatic N) is 1. The largest absolute Gasteiger partial charge is 0.458 e. The summed E-state index contributed by atoms with van der Waals surface area (Å²) in [6.45, 7) is 0. The molecule has 15 heavy (non-hydrogen) atoms. The number of carbonyl (C=O) groups excluding carboxylic acids is 1. The fourth-order valence-electron chi connectivity index (χ4n) is 1.07. The van der Waals surface area contributed by atoms with Crippen molar-refractivity contribution in [1.29, 1.82) is 0 Å². The average molecular weight is 267 g/mol. The molecule has 0 spiro atoms. The minimum atomic E-state index is -0.328. The van der Waals surface area contributed by atoms with Crippen molar-refractivity contribution in [3.05, 3.63) is 47.0 Å². The third kappa shape index (κ3) is 2.24. The van der Waals surface area contributed by atoms with E-state index in [0.717, 1.165) is 0 Å². The maximum absolute atomic E-state index is 11.6. The molecule has 0 aromatic carbocycles. The molecule has 0 unspecified atom stereocenters. The number of aromatic nitrogens is 1. The van der Waals surface area contributed by atoms with Crippen LogP contribution in [-0.4, -0.2) is 10.9 Å². The van der Waals surface area contributed by atoms with Crippen LogP contribution >= 0.6 is 15.9 Å². The van der Waals surface area contributed by atoms with Gasteiger partial charge in [0, 0.05) is 6.20 Å². The van der Waals surface area contributed by atoms with Crippen molar-refractivity contribution in [3.8, 4) is 0 Å². The highest BCUT2D eigenvalue weighted by Crippen LogP contribution is 2.18. The van der Waals surface area contributed by atoms with E-state index >= 15 is 0 Å². The first-order chi connectivity index (χ1) is 7.27. The Kier molecular flexibility index (Phi) is 2.82. The fraction of sp³-hybridized carbons (Fsp3) is 0. The van der Waals surface area contributed by atoms with E-state index in [1.807, 2.05) is 0 Å². The Labute approximate surface area is 94.4 Å². The number of halogens is 1. The molecule has 0 saturated heterocycles. The van der Waals surface area contributed by atoms with Crippen LogP contribution in [0.15, 0.2) is 45.6 Å². The van der Waals surface area contributed by atoms with E-state index in [-0.39, 0.29) is 11.7 Å². The number of hydrogen-bond acceptors (Lipinski definition) is 3. The number of carbonyl (C=O) groups is 1. The molecule has 2 rings (SSSR count). The summed E-state index contributed by atoms with van der Waals surface area (Å²) in [6.07, 6.45) is 3.05. The van der Waals surface area contributed by atoms with Gasteiger partial charge < -0.3 is 9.73 Å².